The molecule has 0 aliphatic heterocycles. The van der Waals surface area contributed by atoms with Crippen molar-refractivity contribution in [1.82, 2.24) is 15.5 Å². The van der Waals surface area contributed by atoms with Gasteiger partial charge in [-0.1, -0.05) is 12.0 Å². The summed E-state index contributed by atoms with van der Waals surface area (Å²) >= 11 is 1.86. The zero-order chi connectivity index (χ0) is 14.3. The lowest BCUT2D eigenvalue weighted by atomic mass is 10.2. The van der Waals surface area contributed by atoms with Gasteiger partial charge in [-0.2, -0.15) is 11.8 Å². The number of thioether (sulfide) groups is 1. The normalized spacial score (nSPS) is 14.4. The van der Waals surface area contributed by atoms with Gasteiger partial charge in [0.2, 0.25) is 5.89 Å². The van der Waals surface area contributed by atoms with E-state index >= 15 is 0 Å². The van der Waals surface area contributed by atoms with Crippen LogP contribution in [-0.4, -0.2) is 41.8 Å². The fraction of sp³-hybridized carbons (Fsp3) is 0.846. The molecule has 19 heavy (non-hydrogen) atoms. The minimum Gasteiger partial charge on any atom is -0.406 e. The Hall–Kier alpha value is -0.750. The molecule has 1 aromatic rings. The first kappa shape index (κ1) is 16.3. The van der Waals surface area contributed by atoms with Gasteiger partial charge in [0.1, 0.15) is 0 Å². The highest BCUT2D eigenvalue weighted by Crippen LogP contribution is 2.19. The summed E-state index contributed by atoms with van der Waals surface area (Å²) in [6.45, 7) is 7.32. The minimum absolute atomic E-state index is 0.108. The standard InChI is InChI=1S/C13H26N4OS/c1-6-8-14-11(3)12-15-16-13(18-12)17(4)10(2)7-9-19-5/h10-11,14H,6-9H2,1-5H3. The molecule has 2 unspecified atom stereocenters. The summed E-state index contributed by atoms with van der Waals surface area (Å²) in [4.78, 5) is 2.05. The summed E-state index contributed by atoms with van der Waals surface area (Å²) in [7, 11) is 2.01. The molecule has 0 aromatic carbocycles. The number of nitrogens with one attached hydrogen (secondary N) is 1. The lowest BCUT2D eigenvalue weighted by Gasteiger charge is -2.22. The molecule has 2 atom stereocenters. The van der Waals surface area contributed by atoms with Crippen molar-refractivity contribution in [3.05, 3.63) is 5.89 Å². The predicted octanol–water partition coefficient (Wildman–Crippen LogP) is 2.71. The first-order valence-electron chi connectivity index (χ1n) is 6.88. The van der Waals surface area contributed by atoms with Crippen LogP contribution in [0.2, 0.25) is 0 Å². The highest BCUT2D eigenvalue weighted by atomic mass is 32.2. The monoisotopic (exact) mass is 286 g/mol. The summed E-state index contributed by atoms with van der Waals surface area (Å²) in [5.74, 6) is 1.80. The zero-order valence-corrected chi connectivity index (χ0v) is 13.5. The Morgan fingerprint density at radius 2 is 2.11 bits per heavy atom. The van der Waals surface area contributed by atoms with Gasteiger partial charge in [0.05, 0.1) is 6.04 Å². The van der Waals surface area contributed by atoms with E-state index in [1.807, 2.05) is 25.7 Å². The van der Waals surface area contributed by atoms with Gasteiger partial charge in [-0.25, -0.2) is 0 Å². The van der Waals surface area contributed by atoms with Gasteiger partial charge >= 0.3 is 6.01 Å². The van der Waals surface area contributed by atoms with Crippen molar-refractivity contribution < 1.29 is 4.42 Å². The molecule has 1 aromatic heterocycles. The van der Waals surface area contributed by atoms with E-state index in [1.165, 1.54) is 0 Å². The van der Waals surface area contributed by atoms with Crippen molar-refractivity contribution in [2.45, 2.75) is 45.7 Å². The van der Waals surface area contributed by atoms with Gasteiger partial charge in [-0.15, -0.1) is 5.10 Å². The second-order valence-electron chi connectivity index (χ2n) is 4.84. The van der Waals surface area contributed by atoms with Gasteiger partial charge in [0.25, 0.3) is 0 Å². The number of anilines is 1. The average molecular weight is 286 g/mol. The van der Waals surface area contributed by atoms with E-state index in [4.69, 9.17) is 4.42 Å². The predicted molar refractivity (Wildman–Crippen MR) is 81.9 cm³/mol. The van der Waals surface area contributed by atoms with Crippen LogP contribution in [0.15, 0.2) is 4.42 Å². The third-order valence-corrected chi connectivity index (χ3v) is 3.85. The molecule has 0 aliphatic rings. The molecular formula is C13H26N4OS. The third kappa shape index (κ3) is 5.03. The molecular weight excluding hydrogens is 260 g/mol. The van der Waals surface area contributed by atoms with Crippen LogP contribution in [0.1, 0.15) is 45.5 Å². The van der Waals surface area contributed by atoms with Crippen LogP contribution >= 0.6 is 11.8 Å². The number of aromatic nitrogens is 2. The van der Waals surface area contributed by atoms with Crippen LogP contribution in [0.5, 0.6) is 0 Å². The Kier molecular flexibility index (Phi) is 7.23. The minimum atomic E-state index is 0.108. The number of nitrogens with zero attached hydrogens (tertiary/aromatic N) is 3. The Morgan fingerprint density at radius 1 is 1.37 bits per heavy atom. The van der Waals surface area contributed by atoms with Crippen molar-refractivity contribution >= 4 is 17.8 Å². The van der Waals surface area contributed by atoms with Crippen LogP contribution in [0.3, 0.4) is 0 Å². The van der Waals surface area contributed by atoms with E-state index in [2.05, 4.69) is 40.5 Å². The second kappa shape index (κ2) is 8.43. The molecule has 0 fully saturated rings. The SMILES string of the molecule is CCCNC(C)c1nnc(N(C)C(C)CCSC)o1. The van der Waals surface area contributed by atoms with E-state index in [-0.39, 0.29) is 6.04 Å². The summed E-state index contributed by atoms with van der Waals surface area (Å²) in [5, 5.41) is 11.6. The Labute approximate surface area is 120 Å². The average Bonchev–Trinajstić information content (AvgIpc) is 2.90. The van der Waals surface area contributed by atoms with Gasteiger partial charge in [0, 0.05) is 13.1 Å². The summed E-state index contributed by atoms with van der Waals surface area (Å²) in [5.41, 5.74) is 0. The van der Waals surface area contributed by atoms with Crippen LogP contribution in [0, 0.1) is 0 Å². The van der Waals surface area contributed by atoms with Gasteiger partial charge < -0.3 is 14.6 Å². The maximum atomic E-state index is 5.74. The van der Waals surface area contributed by atoms with E-state index in [1.54, 1.807) is 0 Å². The molecule has 1 N–H and O–H groups in total. The van der Waals surface area contributed by atoms with Crippen LogP contribution in [0.4, 0.5) is 6.01 Å². The molecule has 1 heterocycles. The summed E-state index contributed by atoms with van der Waals surface area (Å²) < 4.78 is 5.74. The van der Waals surface area contributed by atoms with Crippen molar-refractivity contribution in [3.63, 3.8) is 0 Å². The van der Waals surface area contributed by atoms with Gasteiger partial charge in [-0.3, -0.25) is 0 Å². The molecule has 5 nitrogen and oxygen atoms in total. The molecule has 1 rings (SSSR count). The molecule has 110 valence electrons. The maximum absolute atomic E-state index is 5.74. The first-order valence-corrected chi connectivity index (χ1v) is 8.28. The van der Waals surface area contributed by atoms with Crippen molar-refractivity contribution in [2.24, 2.45) is 0 Å². The summed E-state index contributed by atoms with van der Waals surface area (Å²) in [6, 6.07) is 1.12. The van der Waals surface area contributed by atoms with E-state index in [0.29, 0.717) is 17.9 Å². The molecule has 0 bridgehead atoms. The van der Waals surface area contributed by atoms with E-state index < -0.39 is 0 Å². The van der Waals surface area contributed by atoms with E-state index in [9.17, 15) is 0 Å². The molecule has 0 saturated carbocycles. The second-order valence-corrected chi connectivity index (χ2v) is 5.83. The number of rotatable bonds is 9. The van der Waals surface area contributed by atoms with Crippen LogP contribution < -0.4 is 10.2 Å². The molecule has 0 amide bonds. The third-order valence-electron chi connectivity index (χ3n) is 3.20. The smallest absolute Gasteiger partial charge is 0.318 e. The Bertz CT molecular complexity index is 358. The lowest BCUT2D eigenvalue weighted by Crippen LogP contribution is -2.29. The van der Waals surface area contributed by atoms with Crippen molar-refractivity contribution in [2.75, 3.05) is 30.5 Å². The number of hydrogen-bond acceptors (Lipinski definition) is 6. The van der Waals surface area contributed by atoms with Crippen LogP contribution in [0.25, 0.3) is 0 Å². The molecule has 6 heteroatoms. The zero-order valence-electron chi connectivity index (χ0n) is 12.6. The highest BCUT2D eigenvalue weighted by molar-refractivity contribution is 7.98. The number of hydrogen-bond donors (Lipinski definition) is 1. The molecule has 0 radical (unpaired) electrons. The maximum Gasteiger partial charge on any atom is 0.318 e. The fourth-order valence-corrected chi connectivity index (χ4v) is 2.24. The quantitative estimate of drug-likeness (QED) is 0.753. The molecule has 0 spiro atoms. The lowest BCUT2D eigenvalue weighted by molar-refractivity contribution is 0.411. The summed E-state index contributed by atoms with van der Waals surface area (Å²) in [6.07, 6.45) is 4.33. The van der Waals surface area contributed by atoms with Crippen molar-refractivity contribution in [3.8, 4) is 0 Å². The molecule has 0 saturated heterocycles. The first-order chi connectivity index (χ1) is 9.10. The Morgan fingerprint density at radius 3 is 2.74 bits per heavy atom. The van der Waals surface area contributed by atoms with E-state index in [0.717, 1.165) is 25.1 Å². The van der Waals surface area contributed by atoms with Crippen LogP contribution in [-0.2, 0) is 0 Å². The molecule has 0 aliphatic carbocycles. The fourth-order valence-electron chi connectivity index (χ4n) is 1.66. The van der Waals surface area contributed by atoms with Gasteiger partial charge in [-0.05, 0) is 45.2 Å². The highest BCUT2D eigenvalue weighted by Gasteiger charge is 2.18. The largest absolute Gasteiger partial charge is 0.406 e. The van der Waals surface area contributed by atoms with Gasteiger partial charge in [0.15, 0.2) is 0 Å². The van der Waals surface area contributed by atoms with Crippen molar-refractivity contribution in [1.29, 1.82) is 0 Å². The topological polar surface area (TPSA) is 54.2 Å². The Balaban J connectivity index is 2.57.